The summed E-state index contributed by atoms with van der Waals surface area (Å²) in [5, 5.41) is 14.6. The molecule has 10 rings (SSSR count). The van der Waals surface area contributed by atoms with Crippen LogP contribution in [0.3, 0.4) is 0 Å². The van der Waals surface area contributed by atoms with Crippen LogP contribution in [0, 0.1) is 0 Å². The van der Waals surface area contributed by atoms with E-state index in [-0.39, 0.29) is 37.1 Å². The van der Waals surface area contributed by atoms with E-state index < -0.39 is 53.1 Å². The van der Waals surface area contributed by atoms with Crippen molar-refractivity contribution < 1.29 is 73.3 Å². The van der Waals surface area contributed by atoms with E-state index >= 15 is 0 Å². The van der Waals surface area contributed by atoms with Gasteiger partial charge in [0.05, 0.1) is 75.8 Å². The van der Waals surface area contributed by atoms with E-state index in [0.29, 0.717) is 49.9 Å². The molecule has 1 amide bonds. The van der Waals surface area contributed by atoms with Crippen molar-refractivity contribution in [3.8, 4) is 0 Å². The number of nitrogens with zero attached hydrogens (tertiary/aromatic N) is 3. The number of halogens is 9. The second-order valence-corrected chi connectivity index (χ2v) is 18.8. The first kappa shape index (κ1) is 58.6. The van der Waals surface area contributed by atoms with Gasteiger partial charge in [-0.25, -0.2) is 14.4 Å². The number of carboxylic acids is 1. The third-order valence-electron chi connectivity index (χ3n) is 13.2. The maximum Gasteiger partial charge on any atom is 0.416 e. The highest BCUT2D eigenvalue weighted by molar-refractivity contribution is 6.06. The maximum absolute atomic E-state index is 13.2. The first-order chi connectivity index (χ1) is 38.9. The molecule has 0 aliphatic heterocycles. The number of methoxy groups -OCH3 is 2. The van der Waals surface area contributed by atoms with Gasteiger partial charge < -0.3 is 33.6 Å². The summed E-state index contributed by atoms with van der Waals surface area (Å²) in [4.78, 5) is 48.1. The van der Waals surface area contributed by atoms with Gasteiger partial charge in [-0.15, -0.1) is 0 Å². The third kappa shape index (κ3) is 13.7. The molecule has 3 heterocycles. The number of hydrogen-bond acceptors (Lipinski definition) is 6. The molecule has 0 saturated carbocycles. The first-order valence-electron chi connectivity index (χ1n) is 25.0. The molecule has 0 bridgehead atoms. The van der Waals surface area contributed by atoms with Gasteiger partial charge in [0.25, 0.3) is 5.91 Å². The zero-order valence-corrected chi connectivity index (χ0v) is 43.7. The van der Waals surface area contributed by atoms with Gasteiger partial charge >= 0.3 is 36.4 Å². The Morgan fingerprint density at radius 1 is 0.463 bits per heavy atom. The number of rotatable bonds is 12. The van der Waals surface area contributed by atoms with Crippen LogP contribution in [-0.2, 0) is 47.6 Å². The van der Waals surface area contributed by atoms with Crippen LogP contribution in [0.2, 0.25) is 0 Å². The Labute approximate surface area is 462 Å². The van der Waals surface area contributed by atoms with E-state index in [1.165, 1.54) is 38.5 Å². The lowest BCUT2D eigenvalue weighted by molar-refractivity contribution is -0.138. The number of aromatic carboxylic acids is 1. The largest absolute Gasteiger partial charge is 0.478 e. The summed E-state index contributed by atoms with van der Waals surface area (Å²) in [7, 11) is 2.60. The number of carbonyl (C=O) groups excluding carboxylic acids is 3. The highest BCUT2D eigenvalue weighted by atomic mass is 19.4. The van der Waals surface area contributed by atoms with Gasteiger partial charge in [0.2, 0.25) is 0 Å². The molecular formula is C62H49F9N4O7. The predicted octanol–water partition coefficient (Wildman–Crippen LogP) is 14.9. The first-order valence-corrected chi connectivity index (χ1v) is 25.0. The van der Waals surface area contributed by atoms with Crippen LogP contribution in [0.1, 0.15) is 93.3 Å². The van der Waals surface area contributed by atoms with E-state index in [4.69, 9.17) is 9.47 Å². The van der Waals surface area contributed by atoms with Crippen molar-refractivity contribution in [2.45, 2.75) is 51.1 Å². The summed E-state index contributed by atoms with van der Waals surface area (Å²) in [6, 6.07) is 42.5. The number of nitrogens with one attached hydrogen (secondary N) is 1. The Morgan fingerprint density at radius 2 is 0.817 bits per heavy atom. The summed E-state index contributed by atoms with van der Waals surface area (Å²) >= 11 is 0. The Hall–Kier alpha value is -9.59. The molecule has 0 aliphatic carbocycles. The number of fused-ring (bicyclic) bond motifs is 3. The van der Waals surface area contributed by atoms with E-state index in [1.807, 2.05) is 31.2 Å². The molecule has 2 N–H and O–H groups in total. The fourth-order valence-corrected chi connectivity index (χ4v) is 9.32. The number of aromatic nitrogens is 3. The highest BCUT2D eigenvalue weighted by Crippen LogP contribution is 2.34. The number of esters is 2. The van der Waals surface area contributed by atoms with Crippen LogP contribution in [0.5, 0.6) is 0 Å². The minimum absolute atomic E-state index is 0.125. The van der Waals surface area contributed by atoms with Crippen LogP contribution in [0.15, 0.2) is 188 Å². The number of para-hydroxylation sites is 3. The molecule has 82 heavy (non-hydrogen) atoms. The topological polar surface area (TPSA) is 134 Å². The SMILES string of the molecule is COC(=O)c1ccc([C@H](C)NC(=O)c2cccc3ccn(Cc4cccc(C(F)(F)F)c4)c23)cc1.COC(=O)c1cccc2ccn(Cc3cccc(C(F)(F)F)c3)c12.O=C(O)c1cccc2ccn(Cc3cccc(C(F)(F)F)c3)c12. The second kappa shape index (κ2) is 24.4. The van der Waals surface area contributed by atoms with Gasteiger partial charge in [0.1, 0.15) is 0 Å². The van der Waals surface area contributed by atoms with Gasteiger partial charge in [-0.05, 0) is 114 Å². The van der Waals surface area contributed by atoms with Crippen molar-refractivity contribution >= 4 is 56.5 Å². The standard InChI is InChI=1S/C27H23F3N2O3.C18H14F3NO2.C17H12F3NO2/c1-17(19-9-11-21(12-10-19)26(34)35-2)31-25(33)23-8-4-6-20-13-14-32(24(20)23)16-18-5-3-7-22(15-18)27(28,29)30;1-24-17(23)15-7-3-5-13-8-9-22(16(13)15)11-12-4-2-6-14(10-12)18(19,20)21;18-17(19,20)13-5-1-3-11(9-13)10-21-8-7-12-4-2-6-14(15(12)21)16(22)23/h3-15,17H,16H2,1-2H3,(H,31,33);2-10H,11H2,1H3;1-9H,10H2,(H,22,23)/t17-;;/m0../s1. The van der Waals surface area contributed by atoms with Crippen LogP contribution < -0.4 is 5.32 Å². The summed E-state index contributed by atoms with van der Waals surface area (Å²) in [5.41, 5.74) is 3.22. The number of alkyl halides is 9. The molecule has 20 heteroatoms. The quantitative estimate of drug-likeness (QED) is 0.0919. The molecule has 0 unspecified atom stereocenters. The van der Waals surface area contributed by atoms with Crippen LogP contribution >= 0.6 is 0 Å². The molecule has 7 aromatic carbocycles. The number of benzene rings is 7. The fourth-order valence-electron chi connectivity index (χ4n) is 9.32. The molecule has 0 aliphatic rings. The molecule has 11 nitrogen and oxygen atoms in total. The number of carboxylic acid groups (broad SMARTS) is 1. The van der Waals surface area contributed by atoms with Crippen molar-refractivity contribution in [1.82, 2.24) is 19.0 Å². The molecule has 0 radical (unpaired) electrons. The third-order valence-corrected chi connectivity index (χ3v) is 13.2. The minimum Gasteiger partial charge on any atom is -0.478 e. The Bertz CT molecular complexity index is 3950. The molecule has 1 atom stereocenters. The molecule has 0 saturated heterocycles. The molecule has 0 spiro atoms. The van der Waals surface area contributed by atoms with Crippen LogP contribution in [0.25, 0.3) is 32.7 Å². The minimum atomic E-state index is -4.43. The van der Waals surface area contributed by atoms with Crippen molar-refractivity contribution in [2.24, 2.45) is 0 Å². The average molecular weight is 1130 g/mol. The molecule has 422 valence electrons. The average Bonchev–Trinajstić information content (AvgIpc) is 4.25. The smallest absolute Gasteiger partial charge is 0.416 e. The van der Waals surface area contributed by atoms with E-state index in [2.05, 4.69) is 5.32 Å². The normalized spacial score (nSPS) is 12.0. The second-order valence-electron chi connectivity index (χ2n) is 18.8. The predicted molar refractivity (Wildman–Crippen MR) is 289 cm³/mol. The summed E-state index contributed by atoms with van der Waals surface area (Å²) < 4.78 is 131. The summed E-state index contributed by atoms with van der Waals surface area (Å²) in [5.74, 6) is -2.31. The fraction of sp³-hybridized carbons (Fsp3) is 0.161. The van der Waals surface area contributed by atoms with Crippen LogP contribution in [-0.4, -0.2) is 56.8 Å². The Kier molecular flexibility index (Phi) is 17.4. The Balaban J connectivity index is 0.000000166. The lowest BCUT2D eigenvalue weighted by Crippen LogP contribution is -2.27. The molecule has 0 fully saturated rings. The van der Waals surface area contributed by atoms with Crippen molar-refractivity contribution in [2.75, 3.05) is 14.2 Å². The number of hydrogen-bond donors (Lipinski definition) is 2. The zero-order chi connectivity index (χ0) is 59.1. The van der Waals surface area contributed by atoms with Crippen molar-refractivity contribution in [3.05, 3.63) is 250 Å². The monoisotopic (exact) mass is 1130 g/mol. The lowest BCUT2D eigenvalue weighted by Gasteiger charge is -2.16. The van der Waals surface area contributed by atoms with Gasteiger partial charge in [0.15, 0.2) is 0 Å². The van der Waals surface area contributed by atoms with E-state index in [0.717, 1.165) is 58.1 Å². The number of ether oxygens (including phenoxy) is 2. The van der Waals surface area contributed by atoms with Crippen molar-refractivity contribution in [3.63, 3.8) is 0 Å². The lowest BCUT2D eigenvalue weighted by atomic mass is 10.0. The summed E-state index contributed by atoms with van der Waals surface area (Å²) in [6.45, 7) is 2.40. The van der Waals surface area contributed by atoms with Gasteiger partial charge in [-0.1, -0.05) is 84.9 Å². The van der Waals surface area contributed by atoms with Gasteiger partial charge in [0, 0.05) is 54.4 Å². The Morgan fingerprint density at radius 3 is 1.20 bits per heavy atom. The van der Waals surface area contributed by atoms with Crippen LogP contribution in [0.4, 0.5) is 39.5 Å². The number of carbonyl (C=O) groups is 4. The highest BCUT2D eigenvalue weighted by Gasteiger charge is 2.32. The van der Waals surface area contributed by atoms with Crippen molar-refractivity contribution in [1.29, 1.82) is 0 Å². The van der Waals surface area contributed by atoms with E-state index in [1.54, 1.807) is 117 Å². The molecule has 3 aromatic heterocycles. The molecular weight excluding hydrogens is 1080 g/mol. The van der Waals surface area contributed by atoms with Gasteiger partial charge in [-0.2, -0.15) is 39.5 Å². The van der Waals surface area contributed by atoms with E-state index in [9.17, 15) is 63.8 Å². The van der Waals surface area contributed by atoms with Gasteiger partial charge in [-0.3, -0.25) is 4.79 Å². The zero-order valence-electron chi connectivity index (χ0n) is 43.7. The number of amides is 1. The summed E-state index contributed by atoms with van der Waals surface area (Å²) in [6.07, 6.45) is -8.02. The molecule has 10 aromatic rings. The maximum atomic E-state index is 13.2.